The molecule has 132 valence electrons. The molecule has 1 unspecified atom stereocenters. The number of hydrogen-bond acceptors (Lipinski definition) is 2. The fourth-order valence-electron chi connectivity index (χ4n) is 3.13. The quantitative estimate of drug-likeness (QED) is 0.655. The maximum absolute atomic E-state index is 5.98. The van der Waals surface area contributed by atoms with Gasteiger partial charge in [-0.3, -0.25) is 0 Å². The average molecular weight is 420 g/mol. The molecule has 3 rings (SSSR count). The van der Waals surface area contributed by atoms with Gasteiger partial charge in [0, 0.05) is 16.0 Å². The molecular formula is C21H24BrClN2. The van der Waals surface area contributed by atoms with Gasteiger partial charge in [0.05, 0.1) is 0 Å². The van der Waals surface area contributed by atoms with Gasteiger partial charge >= 0.3 is 0 Å². The van der Waals surface area contributed by atoms with Crippen molar-refractivity contribution in [3.05, 3.63) is 74.7 Å². The lowest BCUT2D eigenvalue weighted by molar-refractivity contribution is 0.512. The number of benzene rings is 2. The van der Waals surface area contributed by atoms with Crippen LogP contribution in [-0.2, 0) is 13.0 Å². The highest BCUT2D eigenvalue weighted by Gasteiger charge is 2.13. The zero-order valence-corrected chi connectivity index (χ0v) is 16.6. The molecule has 1 aliphatic heterocycles. The van der Waals surface area contributed by atoms with E-state index in [2.05, 4.69) is 63.0 Å². The van der Waals surface area contributed by atoms with Gasteiger partial charge in [0.1, 0.15) is 0 Å². The Morgan fingerprint density at radius 1 is 1.20 bits per heavy atom. The Morgan fingerprint density at radius 2 is 2.08 bits per heavy atom. The summed E-state index contributed by atoms with van der Waals surface area (Å²) in [6.45, 7) is 4.36. The van der Waals surface area contributed by atoms with Crippen LogP contribution in [0.1, 0.15) is 23.1 Å². The summed E-state index contributed by atoms with van der Waals surface area (Å²) in [6, 6.07) is 14.7. The molecule has 1 heterocycles. The molecule has 0 amide bonds. The molecule has 2 nitrogen and oxygen atoms in total. The maximum atomic E-state index is 5.98. The first-order valence-corrected chi connectivity index (χ1v) is 9.98. The van der Waals surface area contributed by atoms with Gasteiger partial charge in [-0.25, -0.2) is 0 Å². The topological polar surface area (TPSA) is 24.1 Å². The largest absolute Gasteiger partial charge is 0.316 e. The molecule has 2 N–H and O–H groups in total. The number of rotatable bonds is 7. The number of halogens is 2. The Kier molecular flexibility index (Phi) is 7.12. The van der Waals surface area contributed by atoms with E-state index >= 15 is 0 Å². The predicted octanol–water partition coefficient (Wildman–Crippen LogP) is 5.06. The molecule has 0 aliphatic carbocycles. The van der Waals surface area contributed by atoms with Gasteiger partial charge in [0.15, 0.2) is 0 Å². The van der Waals surface area contributed by atoms with Gasteiger partial charge in [-0.15, -0.1) is 0 Å². The maximum Gasteiger partial charge on any atom is 0.0417 e. The molecule has 0 aromatic heterocycles. The third-order valence-electron chi connectivity index (χ3n) is 4.53. The minimum atomic E-state index is 0.748. The van der Waals surface area contributed by atoms with E-state index in [0.29, 0.717) is 0 Å². The van der Waals surface area contributed by atoms with Crippen LogP contribution in [0.15, 0.2) is 53.0 Å². The highest BCUT2D eigenvalue weighted by molar-refractivity contribution is 9.10. The Hall–Kier alpha value is -1.13. The highest BCUT2D eigenvalue weighted by Crippen LogP contribution is 2.22. The van der Waals surface area contributed by atoms with Crippen LogP contribution in [-0.4, -0.2) is 19.6 Å². The minimum Gasteiger partial charge on any atom is -0.316 e. The van der Waals surface area contributed by atoms with Crippen molar-refractivity contribution < 1.29 is 0 Å². The zero-order chi connectivity index (χ0) is 17.5. The summed E-state index contributed by atoms with van der Waals surface area (Å²) in [5.41, 5.74) is 3.83. The van der Waals surface area contributed by atoms with E-state index in [4.69, 9.17) is 11.6 Å². The van der Waals surface area contributed by atoms with Crippen molar-refractivity contribution in [3.63, 3.8) is 0 Å². The van der Waals surface area contributed by atoms with Crippen LogP contribution < -0.4 is 10.6 Å². The molecule has 0 bridgehead atoms. The Balaban J connectivity index is 1.51. The summed E-state index contributed by atoms with van der Waals surface area (Å²) < 4.78 is 1.02. The van der Waals surface area contributed by atoms with E-state index in [9.17, 15) is 0 Å². The minimum absolute atomic E-state index is 0.748. The molecular weight excluding hydrogens is 396 g/mol. The second-order valence-electron chi connectivity index (χ2n) is 6.58. The van der Waals surface area contributed by atoms with Crippen molar-refractivity contribution in [2.75, 3.05) is 19.6 Å². The van der Waals surface area contributed by atoms with Gasteiger partial charge in [0.2, 0.25) is 0 Å². The van der Waals surface area contributed by atoms with Crippen molar-refractivity contribution in [1.29, 1.82) is 0 Å². The van der Waals surface area contributed by atoms with Gasteiger partial charge in [-0.1, -0.05) is 70.0 Å². The summed E-state index contributed by atoms with van der Waals surface area (Å²) in [4.78, 5) is 0. The standard InChI is InChI=1S/C21H24BrClN2/c22-21-12-20(23)8-7-19(21)6-2-4-16-3-1-5-17(11-16)13-25-15-18-9-10-24-14-18/h1-3,5-8,11-12,18,24-25H,4,9-10,13-15H2/b6-2+. The fourth-order valence-corrected chi connectivity index (χ4v) is 3.95. The van der Waals surface area contributed by atoms with E-state index < -0.39 is 0 Å². The molecule has 25 heavy (non-hydrogen) atoms. The van der Waals surface area contributed by atoms with Crippen molar-refractivity contribution in [3.8, 4) is 0 Å². The zero-order valence-electron chi connectivity index (χ0n) is 14.3. The average Bonchev–Trinajstić information content (AvgIpc) is 3.11. The molecule has 0 saturated carbocycles. The lowest BCUT2D eigenvalue weighted by Gasteiger charge is -2.10. The second-order valence-corrected chi connectivity index (χ2v) is 7.87. The predicted molar refractivity (Wildman–Crippen MR) is 111 cm³/mol. The van der Waals surface area contributed by atoms with Crippen LogP contribution in [0.4, 0.5) is 0 Å². The molecule has 1 fully saturated rings. The molecule has 1 aliphatic rings. The Labute approximate surface area is 163 Å². The van der Waals surface area contributed by atoms with Crippen LogP contribution in [0.3, 0.4) is 0 Å². The van der Waals surface area contributed by atoms with Crippen LogP contribution in [0.25, 0.3) is 6.08 Å². The number of allylic oxidation sites excluding steroid dienone is 1. The van der Waals surface area contributed by atoms with Crippen LogP contribution >= 0.6 is 27.5 Å². The number of hydrogen-bond donors (Lipinski definition) is 2. The highest BCUT2D eigenvalue weighted by atomic mass is 79.9. The first-order chi connectivity index (χ1) is 12.2. The Bertz CT molecular complexity index is 724. The molecule has 1 atom stereocenters. The lowest BCUT2D eigenvalue weighted by Crippen LogP contribution is -2.24. The molecule has 0 radical (unpaired) electrons. The molecule has 2 aromatic rings. The lowest BCUT2D eigenvalue weighted by atomic mass is 10.1. The van der Waals surface area contributed by atoms with E-state index in [1.807, 2.05) is 18.2 Å². The van der Waals surface area contributed by atoms with Gasteiger partial charge in [-0.2, -0.15) is 0 Å². The van der Waals surface area contributed by atoms with Crippen LogP contribution in [0, 0.1) is 5.92 Å². The van der Waals surface area contributed by atoms with Crippen molar-refractivity contribution >= 4 is 33.6 Å². The summed E-state index contributed by atoms with van der Waals surface area (Å²) in [5, 5.41) is 7.75. The van der Waals surface area contributed by atoms with E-state index in [1.165, 1.54) is 17.5 Å². The van der Waals surface area contributed by atoms with Crippen LogP contribution in [0.5, 0.6) is 0 Å². The van der Waals surface area contributed by atoms with Gasteiger partial charge in [0.25, 0.3) is 0 Å². The van der Waals surface area contributed by atoms with Gasteiger partial charge in [-0.05, 0) is 67.2 Å². The van der Waals surface area contributed by atoms with E-state index in [0.717, 1.165) is 53.6 Å². The summed E-state index contributed by atoms with van der Waals surface area (Å²) >= 11 is 9.54. The third-order valence-corrected chi connectivity index (χ3v) is 5.45. The second kappa shape index (κ2) is 9.54. The van der Waals surface area contributed by atoms with E-state index in [-0.39, 0.29) is 0 Å². The summed E-state index contributed by atoms with van der Waals surface area (Å²) in [6.07, 6.45) is 6.55. The SMILES string of the molecule is Clc1ccc(/C=C/Cc2cccc(CNCC3CCNC3)c2)c(Br)c1. The van der Waals surface area contributed by atoms with Gasteiger partial charge < -0.3 is 10.6 Å². The Morgan fingerprint density at radius 3 is 2.88 bits per heavy atom. The summed E-state index contributed by atoms with van der Waals surface area (Å²) in [7, 11) is 0. The molecule has 4 heteroatoms. The van der Waals surface area contributed by atoms with E-state index in [1.54, 1.807) is 0 Å². The first-order valence-electron chi connectivity index (χ1n) is 8.81. The molecule has 0 spiro atoms. The molecule has 1 saturated heterocycles. The van der Waals surface area contributed by atoms with Crippen molar-refractivity contribution in [2.24, 2.45) is 5.92 Å². The normalized spacial score (nSPS) is 17.4. The fraction of sp³-hybridized carbons (Fsp3) is 0.333. The first kappa shape index (κ1) is 18.7. The number of nitrogens with one attached hydrogen (secondary N) is 2. The van der Waals surface area contributed by atoms with Crippen molar-refractivity contribution in [1.82, 2.24) is 10.6 Å². The third kappa shape index (κ3) is 5.96. The van der Waals surface area contributed by atoms with Crippen molar-refractivity contribution in [2.45, 2.75) is 19.4 Å². The monoisotopic (exact) mass is 418 g/mol. The van der Waals surface area contributed by atoms with Crippen LogP contribution in [0.2, 0.25) is 5.02 Å². The molecule has 2 aromatic carbocycles. The summed E-state index contributed by atoms with van der Waals surface area (Å²) in [5.74, 6) is 0.781. The smallest absolute Gasteiger partial charge is 0.0417 e.